The van der Waals surface area contributed by atoms with Gasteiger partial charge < -0.3 is 0 Å². The molecule has 18 heavy (non-hydrogen) atoms. The molecule has 2 nitrogen and oxygen atoms in total. The summed E-state index contributed by atoms with van der Waals surface area (Å²) >= 11 is 7.25. The van der Waals surface area contributed by atoms with Crippen molar-refractivity contribution in [2.75, 3.05) is 5.33 Å². The first kappa shape index (κ1) is 13.8. The SMILES string of the molecule is Cn1cc(CCC(CBr)c2ccccc2Br)cn1. The van der Waals surface area contributed by atoms with Crippen molar-refractivity contribution in [3.63, 3.8) is 0 Å². The van der Waals surface area contributed by atoms with E-state index in [9.17, 15) is 0 Å². The van der Waals surface area contributed by atoms with Crippen molar-refractivity contribution < 1.29 is 0 Å². The van der Waals surface area contributed by atoms with Crippen LogP contribution < -0.4 is 0 Å². The molecule has 0 aliphatic heterocycles. The molecule has 0 saturated heterocycles. The lowest BCUT2D eigenvalue weighted by molar-refractivity contribution is 0.688. The van der Waals surface area contributed by atoms with Gasteiger partial charge in [0, 0.05) is 23.0 Å². The molecule has 96 valence electrons. The van der Waals surface area contributed by atoms with Gasteiger partial charge in [0.05, 0.1) is 6.20 Å². The van der Waals surface area contributed by atoms with E-state index >= 15 is 0 Å². The lowest BCUT2D eigenvalue weighted by Crippen LogP contribution is -2.03. The molecule has 0 fully saturated rings. The smallest absolute Gasteiger partial charge is 0.0521 e. The average molecular weight is 372 g/mol. The van der Waals surface area contributed by atoms with Crippen LogP contribution in [0.15, 0.2) is 41.1 Å². The molecule has 1 unspecified atom stereocenters. The molecule has 2 aromatic rings. The normalized spacial score (nSPS) is 12.6. The highest BCUT2D eigenvalue weighted by molar-refractivity contribution is 9.10. The van der Waals surface area contributed by atoms with Gasteiger partial charge >= 0.3 is 0 Å². The number of halogens is 2. The maximum absolute atomic E-state index is 4.21. The predicted molar refractivity (Wildman–Crippen MR) is 82.2 cm³/mol. The third-order valence-corrected chi connectivity index (χ3v) is 4.57. The van der Waals surface area contributed by atoms with Crippen molar-refractivity contribution in [3.8, 4) is 0 Å². The minimum atomic E-state index is 0.529. The lowest BCUT2D eigenvalue weighted by Gasteiger charge is -2.15. The predicted octanol–water partition coefficient (Wildman–Crippen LogP) is 4.29. The maximum atomic E-state index is 4.21. The standard InChI is InChI=1S/C14H16Br2N2/c1-18-10-11(9-17-18)6-7-12(8-15)13-4-2-3-5-14(13)16/h2-5,9-10,12H,6-8H2,1H3. The Balaban J connectivity index is 2.04. The Labute approximate surface area is 125 Å². The van der Waals surface area contributed by atoms with Crippen LogP contribution in [0.2, 0.25) is 0 Å². The Morgan fingerprint density at radius 3 is 2.72 bits per heavy atom. The van der Waals surface area contributed by atoms with Crippen LogP contribution in [-0.2, 0) is 13.5 Å². The van der Waals surface area contributed by atoms with E-state index in [1.54, 1.807) is 0 Å². The number of benzene rings is 1. The summed E-state index contributed by atoms with van der Waals surface area (Å²) in [5.74, 6) is 0.529. The van der Waals surface area contributed by atoms with Gasteiger partial charge in [-0.2, -0.15) is 5.10 Å². The second kappa shape index (κ2) is 6.53. The Bertz CT molecular complexity index is 508. The second-order valence-corrected chi connectivity index (χ2v) is 5.94. The Morgan fingerprint density at radius 1 is 1.33 bits per heavy atom. The minimum absolute atomic E-state index is 0.529. The van der Waals surface area contributed by atoms with Gasteiger partial charge in [0.15, 0.2) is 0 Å². The number of hydrogen-bond donors (Lipinski definition) is 0. The van der Waals surface area contributed by atoms with E-state index in [1.165, 1.54) is 15.6 Å². The molecule has 0 radical (unpaired) electrons. The van der Waals surface area contributed by atoms with Crippen molar-refractivity contribution in [1.29, 1.82) is 0 Å². The number of nitrogens with zero attached hydrogens (tertiary/aromatic N) is 2. The van der Waals surface area contributed by atoms with Crippen LogP contribution in [-0.4, -0.2) is 15.1 Å². The van der Waals surface area contributed by atoms with Gasteiger partial charge in [0.25, 0.3) is 0 Å². The molecule has 0 aliphatic rings. The van der Waals surface area contributed by atoms with E-state index in [-0.39, 0.29) is 0 Å². The molecule has 1 aromatic carbocycles. The summed E-state index contributed by atoms with van der Waals surface area (Å²) in [7, 11) is 1.96. The molecule has 4 heteroatoms. The molecule has 1 aromatic heterocycles. The largest absolute Gasteiger partial charge is 0.276 e. The van der Waals surface area contributed by atoms with Crippen molar-refractivity contribution in [2.45, 2.75) is 18.8 Å². The van der Waals surface area contributed by atoms with Crippen LogP contribution in [0, 0.1) is 0 Å². The van der Waals surface area contributed by atoms with Gasteiger partial charge in [-0.05, 0) is 36.0 Å². The summed E-state index contributed by atoms with van der Waals surface area (Å²) in [5, 5.41) is 5.19. The zero-order valence-corrected chi connectivity index (χ0v) is 13.5. The molecule has 2 rings (SSSR count). The summed E-state index contributed by atoms with van der Waals surface area (Å²) in [6.07, 6.45) is 6.22. The van der Waals surface area contributed by atoms with Gasteiger partial charge in [-0.15, -0.1) is 0 Å². The molecule has 0 bridgehead atoms. The third-order valence-electron chi connectivity index (χ3n) is 3.07. The van der Waals surface area contributed by atoms with Crippen LogP contribution in [0.5, 0.6) is 0 Å². The topological polar surface area (TPSA) is 17.8 Å². The lowest BCUT2D eigenvalue weighted by atomic mass is 9.95. The van der Waals surface area contributed by atoms with E-state index in [1.807, 2.05) is 17.9 Å². The Hall–Kier alpha value is -0.610. The third kappa shape index (κ3) is 3.45. The van der Waals surface area contributed by atoms with Crippen molar-refractivity contribution in [3.05, 3.63) is 52.3 Å². The van der Waals surface area contributed by atoms with Gasteiger partial charge in [-0.25, -0.2) is 0 Å². The van der Waals surface area contributed by atoms with Gasteiger partial charge in [0.2, 0.25) is 0 Å². The summed E-state index contributed by atoms with van der Waals surface area (Å²) in [6.45, 7) is 0. The molecule has 1 heterocycles. The summed E-state index contributed by atoms with van der Waals surface area (Å²) in [4.78, 5) is 0. The van der Waals surface area contributed by atoms with Crippen molar-refractivity contribution in [2.24, 2.45) is 7.05 Å². The van der Waals surface area contributed by atoms with Crippen LogP contribution in [0.25, 0.3) is 0 Å². The highest BCUT2D eigenvalue weighted by atomic mass is 79.9. The molecule has 0 N–H and O–H groups in total. The summed E-state index contributed by atoms with van der Waals surface area (Å²) < 4.78 is 3.05. The number of alkyl halides is 1. The first-order valence-corrected chi connectivity index (χ1v) is 7.90. The molecule has 0 amide bonds. The first-order chi connectivity index (χ1) is 8.70. The zero-order chi connectivity index (χ0) is 13.0. The van der Waals surface area contributed by atoms with Gasteiger partial charge in [0.1, 0.15) is 0 Å². The average Bonchev–Trinajstić information content (AvgIpc) is 2.78. The maximum Gasteiger partial charge on any atom is 0.0521 e. The molecule has 0 spiro atoms. The molecular weight excluding hydrogens is 356 g/mol. The van der Waals surface area contributed by atoms with E-state index in [4.69, 9.17) is 0 Å². The fourth-order valence-electron chi connectivity index (χ4n) is 2.06. The quantitative estimate of drug-likeness (QED) is 0.716. The molecular formula is C14H16Br2N2. The van der Waals surface area contributed by atoms with E-state index in [2.05, 4.69) is 67.4 Å². The first-order valence-electron chi connectivity index (χ1n) is 5.98. The number of aryl methyl sites for hydroxylation is 2. The fourth-order valence-corrected chi connectivity index (χ4v) is 3.34. The zero-order valence-electron chi connectivity index (χ0n) is 10.3. The monoisotopic (exact) mass is 370 g/mol. The highest BCUT2D eigenvalue weighted by Gasteiger charge is 2.13. The van der Waals surface area contributed by atoms with Gasteiger partial charge in [-0.3, -0.25) is 4.68 Å². The van der Waals surface area contributed by atoms with E-state index < -0.39 is 0 Å². The van der Waals surface area contributed by atoms with E-state index in [0.717, 1.165) is 18.2 Å². The number of aromatic nitrogens is 2. The molecule has 0 aliphatic carbocycles. The fraction of sp³-hybridized carbons (Fsp3) is 0.357. The summed E-state index contributed by atoms with van der Waals surface area (Å²) in [6, 6.07) is 8.45. The van der Waals surface area contributed by atoms with Crippen LogP contribution in [0.4, 0.5) is 0 Å². The second-order valence-electron chi connectivity index (χ2n) is 4.43. The molecule has 1 atom stereocenters. The van der Waals surface area contributed by atoms with Crippen molar-refractivity contribution >= 4 is 31.9 Å². The number of rotatable bonds is 5. The highest BCUT2D eigenvalue weighted by Crippen LogP contribution is 2.29. The minimum Gasteiger partial charge on any atom is -0.276 e. The Morgan fingerprint density at radius 2 is 2.11 bits per heavy atom. The van der Waals surface area contributed by atoms with Gasteiger partial charge in [-0.1, -0.05) is 50.1 Å². The van der Waals surface area contributed by atoms with Crippen LogP contribution >= 0.6 is 31.9 Å². The van der Waals surface area contributed by atoms with Crippen LogP contribution in [0.1, 0.15) is 23.5 Å². The van der Waals surface area contributed by atoms with E-state index in [0.29, 0.717) is 5.92 Å². The van der Waals surface area contributed by atoms with Crippen molar-refractivity contribution in [1.82, 2.24) is 9.78 Å². The summed E-state index contributed by atoms with van der Waals surface area (Å²) in [5.41, 5.74) is 2.67. The number of hydrogen-bond acceptors (Lipinski definition) is 1. The molecule has 0 saturated carbocycles. The Kier molecular flexibility index (Phi) is 5.01. The van der Waals surface area contributed by atoms with Crippen LogP contribution in [0.3, 0.4) is 0 Å².